The predicted molar refractivity (Wildman–Crippen MR) is 116 cm³/mol. The molecule has 0 fully saturated rings. The molecule has 10 nitrogen and oxygen atoms in total. The standard InChI is InChI=1S/C21H28N6O4/c1-4-7-26-18-15(11-14(19(22)29)12-17(18)31-9-6-8-28)23-21(26)24-20(30)16-10-13(3)25-27(16)5-2/h10-12,28H,4-9H2,1-3H3,(H2,22,29)(H,23,24,30). The number of carbonyl (C=O) groups excluding carboxylic acids is 2. The van der Waals surface area contributed by atoms with Gasteiger partial charge in [-0.3, -0.25) is 19.6 Å². The number of nitrogens with two attached hydrogens (primary N) is 1. The van der Waals surface area contributed by atoms with Gasteiger partial charge in [-0.2, -0.15) is 5.10 Å². The van der Waals surface area contributed by atoms with Crippen LogP contribution in [0.1, 0.15) is 53.2 Å². The summed E-state index contributed by atoms with van der Waals surface area (Å²) >= 11 is 0. The number of benzene rings is 1. The molecular weight excluding hydrogens is 400 g/mol. The minimum absolute atomic E-state index is 0.0152. The summed E-state index contributed by atoms with van der Waals surface area (Å²) in [5.74, 6) is -0.160. The third kappa shape index (κ3) is 4.69. The van der Waals surface area contributed by atoms with E-state index < -0.39 is 5.91 Å². The highest BCUT2D eigenvalue weighted by Gasteiger charge is 2.21. The molecule has 31 heavy (non-hydrogen) atoms. The first-order valence-corrected chi connectivity index (χ1v) is 10.3. The maximum Gasteiger partial charge on any atom is 0.276 e. The lowest BCUT2D eigenvalue weighted by molar-refractivity contribution is 0.0995. The Bertz CT molecular complexity index is 1100. The van der Waals surface area contributed by atoms with Crippen LogP contribution in [0, 0.1) is 6.92 Å². The lowest BCUT2D eigenvalue weighted by Gasteiger charge is -2.13. The van der Waals surface area contributed by atoms with Crippen LogP contribution in [0.4, 0.5) is 5.95 Å². The van der Waals surface area contributed by atoms with Crippen LogP contribution in [-0.4, -0.2) is 49.5 Å². The topological polar surface area (TPSA) is 137 Å². The summed E-state index contributed by atoms with van der Waals surface area (Å²) in [6.45, 7) is 7.14. The number of imidazole rings is 1. The molecule has 166 valence electrons. The van der Waals surface area contributed by atoms with Gasteiger partial charge in [-0.05, 0) is 38.5 Å². The van der Waals surface area contributed by atoms with E-state index in [0.29, 0.717) is 47.9 Å². The van der Waals surface area contributed by atoms with E-state index in [9.17, 15) is 9.59 Å². The van der Waals surface area contributed by atoms with Crippen LogP contribution in [0.15, 0.2) is 18.2 Å². The van der Waals surface area contributed by atoms with Crippen LogP contribution in [-0.2, 0) is 13.1 Å². The van der Waals surface area contributed by atoms with Crippen molar-refractivity contribution in [1.82, 2.24) is 19.3 Å². The number of ether oxygens (including phenoxy) is 1. The summed E-state index contributed by atoms with van der Waals surface area (Å²) in [5, 5.41) is 16.3. The molecule has 2 amide bonds. The molecule has 2 aromatic heterocycles. The number of aryl methyl sites for hydroxylation is 3. The van der Waals surface area contributed by atoms with Crippen LogP contribution in [0.3, 0.4) is 0 Å². The largest absolute Gasteiger partial charge is 0.491 e. The van der Waals surface area contributed by atoms with Gasteiger partial charge in [0.25, 0.3) is 5.91 Å². The SMILES string of the molecule is CCCn1c(NC(=O)c2cc(C)nn2CC)nc2cc(C(N)=O)cc(OCCCO)c21. The van der Waals surface area contributed by atoms with Gasteiger partial charge in [-0.1, -0.05) is 6.92 Å². The number of primary amides is 1. The molecule has 2 heterocycles. The molecule has 0 saturated carbocycles. The molecule has 0 radical (unpaired) electrons. The molecule has 0 aliphatic carbocycles. The number of aromatic nitrogens is 4. The number of rotatable bonds is 10. The highest BCUT2D eigenvalue weighted by atomic mass is 16.5. The lowest BCUT2D eigenvalue weighted by Crippen LogP contribution is -2.20. The fourth-order valence-electron chi connectivity index (χ4n) is 3.40. The number of nitrogens with one attached hydrogen (secondary N) is 1. The molecule has 0 spiro atoms. The molecule has 10 heteroatoms. The Morgan fingerprint density at radius 3 is 2.68 bits per heavy atom. The van der Waals surface area contributed by atoms with E-state index in [1.165, 1.54) is 0 Å². The molecule has 1 aromatic carbocycles. The summed E-state index contributed by atoms with van der Waals surface area (Å²) in [6.07, 6.45) is 1.22. The summed E-state index contributed by atoms with van der Waals surface area (Å²) in [5.41, 5.74) is 8.05. The van der Waals surface area contributed by atoms with Crippen molar-refractivity contribution in [2.24, 2.45) is 5.73 Å². The first kappa shape index (κ1) is 22.3. The number of fused-ring (bicyclic) bond motifs is 1. The molecule has 0 atom stereocenters. The quantitative estimate of drug-likeness (QED) is 0.423. The van der Waals surface area contributed by atoms with E-state index in [-0.39, 0.29) is 24.7 Å². The number of hydrogen-bond acceptors (Lipinski definition) is 6. The summed E-state index contributed by atoms with van der Waals surface area (Å²) in [6, 6.07) is 4.87. The Kier molecular flexibility index (Phi) is 6.91. The minimum Gasteiger partial charge on any atom is -0.491 e. The predicted octanol–water partition coefficient (Wildman–Crippen LogP) is 2.08. The van der Waals surface area contributed by atoms with E-state index >= 15 is 0 Å². The van der Waals surface area contributed by atoms with E-state index in [0.717, 1.165) is 12.1 Å². The fourth-order valence-corrected chi connectivity index (χ4v) is 3.40. The van der Waals surface area contributed by atoms with Crippen LogP contribution >= 0.6 is 0 Å². The highest BCUT2D eigenvalue weighted by Crippen LogP contribution is 2.31. The van der Waals surface area contributed by atoms with E-state index in [4.69, 9.17) is 15.6 Å². The van der Waals surface area contributed by atoms with Crippen molar-refractivity contribution in [2.75, 3.05) is 18.5 Å². The second kappa shape index (κ2) is 9.61. The molecule has 0 aliphatic rings. The summed E-state index contributed by atoms with van der Waals surface area (Å²) in [4.78, 5) is 29.3. The number of anilines is 1. The average molecular weight is 428 g/mol. The maximum absolute atomic E-state index is 13.0. The minimum atomic E-state index is -0.605. The third-order valence-corrected chi connectivity index (χ3v) is 4.76. The zero-order chi connectivity index (χ0) is 22.5. The van der Waals surface area contributed by atoms with Gasteiger partial charge in [0.1, 0.15) is 17.0 Å². The van der Waals surface area contributed by atoms with E-state index in [2.05, 4.69) is 15.4 Å². The highest BCUT2D eigenvalue weighted by molar-refractivity contribution is 6.04. The zero-order valence-electron chi connectivity index (χ0n) is 18.0. The Balaban J connectivity index is 2.08. The van der Waals surface area contributed by atoms with Gasteiger partial charge in [-0.25, -0.2) is 4.98 Å². The molecule has 0 aliphatic heterocycles. The Morgan fingerprint density at radius 1 is 1.26 bits per heavy atom. The molecule has 0 saturated heterocycles. The van der Waals surface area contributed by atoms with Crippen molar-refractivity contribution in [3.05, 3.63) is 35.2 Å². The van der Waals surface area contributed by atoms with Crippen LogP contribution < -0.4 is 15.8 Å². The second-order valence-electron chi connectivity index (χ2n) is 7.16. The smallest absolute Gasteiger partial charge is 0.276 e. The second-order valence-corrected chi connectivity index (χ2v) is 7.16. The van der Waals surface area contributed by atoms with Crippen molar-refractivity contribution in [2.45, 2.75) is 46.7 Å². The van der Waals surface area contributed by atoms with Crippen molar-refractivity contribution in [3.8, 4) is 5.75 Å². The van der Waals surface area contributed by atoms with Gasteiger partial charge in [0.05, 0.1) is 17.8 Å². The van der Waals surface area contributed by atoms with Crippen molar-refractivity contribution in [1.29, 1.82) is 0 Å². The van der Waals surface area contributed by atoms with Crippen molar-refractivity contribution in [3.63, 3.8) is 0 Å². The van der Waals surface area contributed by atoms with Gasteiger partial charge in [0, 0.05) is 31.7 Å². The average Bonchev–Trinajstić information content (AvgIpc) is 3.28. The first-order chi connectivity index (χ1) is 14.9. The number of hydrogen-bond donors (Lipinski definition) is 3. The third-order valence-electron chi connectivity index (χ3n) is 4.76. The Hall–Kier alpha value is -3.40. The monoisotopic (exact) mass is 428 g/mol. The van der Waals surface area contributed by atoms with Crippen molar-refractivity contribution >= 4 is 28.8 Å². The fraction of sp³-hybridized carbons (Fsp3) is 0.429. The molecule has 0 bridgehead atoms. The van der Waals surface area contributed by atoms with Crippen molar-refractivity contribution < 1.29 is 19.4 Å². The molecule has 3 aromatic rings. The molecule has 0 unspecified atom stereocenters. The molecule has 4 N–H and O–H groups in total. The lowest BCUT2D eigenvalue weighted by atomic mass is 10.1. The van der Waals surface area contributed by atoms with Gasteiger partial charge in [0.2, 0.25) is 11.9 Å². The number of aliphatic hydroxyl groups is 1. The van der Waals surface area contributed by atoms with Gasteiger partial charge in [-0.15, -0.1) is 0 Å². The Morgan fingerprint density at radius 2 is 2.03 bits per heavy atom. The maximum atomic E-state index is 13.0. The first-order valence-electron chi connectivity index (χ1n) is 10.3. The van der Waals surface area contributed by atoms with Gasteiger partial charge < -0.3 is 20.1 Å². The van der Waals surface area contributed by atoms with Crippen LogP contribution in [0.25, 0.3) is 11.0 Å². The Labute approximate surface area is 180 Å². The number of carbonyl (C=O) groups is 2. The van der Waals surface area contributed by atoms with Gasteiger partial charge >= 0.3 is 0 Å². The molecule has 3 rings (SSSR count). The van der Waals surface area contributed by atoms with E-state index in [1.54, 1.807) is 22.9 Å². The number of nitrogens with zero attached hydrogens (tertiary/aromatic N) is 4. The van der Waals surface area contributed by atoms with Gasteiger partial charge in [0.15, 0.2) is 0 Å². The zero-order valence-corrected chi connectivity index (χ0v) is 18.0. The van der Waals surface area contributed by atoms with E-state index in [1.807, 2.05) is 25.3 Å². The van der Waals surface area contributed by atoms with Crippen LogP contribution in [0.5, 0.6) is 5.75 Å². The summed E-state index contributed by atoms with van der Waals surface area (Å²) in [7, 11) is 0. The number of amides is 2. The van der Waals surface area contributed by atoms with Crippen LogP contribution in [0.2, 0.25) is 0 Å². The summed E-state index contributed by atoms with van der Waals surface area (Å²) < 4.78 is 9.31. The number of aliphatic hydroxyl groups excluding tert-OH is 1. The molecular formula is C21H28N6O4. The normalized spacial score (nSPS) is 11.1.